The number of carbonyl (C=O) groups is 1. The van der Waals surface area contributed by atoms with Gasteiger partial charge in [-0.3, -0.25) is 0 Å². The number of hydrogen-bond acceptors (Lipinski definition) is 3. The first-order valence-electron chi connectivity index (χ1n) is 9.83. The fourth-order valence-electron chi connectivity index (χ4n) is 3.91. The molecule has 2 aromatic rings. The van der Waals surface area contributed by atoms with Crippen LogP contribution in [0.3, 0.4) is 0 Å². The average Bonchev–Trinajstić information content (AvgIpc) is 3.17. The second-order valence-corrected chi connectivity index (χ2v) is 7.98. The fraction of sp³-hybridized carbons (Fsp3) is 0.391. The van der Waals surface area contributed by atoms with Gasteiger partial charge in [-0.05, 0) is 68.1 Å². The largest absolute Gasteiger partial charge is 0.465 e. The molecule has 0 atom stereocenters. The molecule has 1 saturated carbocycles. The molecule has 0 saturated heterocycles. The smallest absolute Gasteiger partial charge is 0.337 e. The van der Waals surface area contributed by atoms with Crippen LogP contribution in [-0.2, 0) is 11.2 Å². The van der Waals surface area contributed by atoms with Crippen molar-refractivity contribution in [2.75, 3.05) is 12.4 Å². The molecule has 0 unspecified atom stereocenters. The van der Waals surface area contributed by atoms with E-state index < -0.39 is 0 Å². The summed E-state index contributed by atoms with van der Waals surface area (Å²) < 4.78 is 4.82. The third-order valence-electron chi connectivity index (χ3n) is 5.58. The SMILES string of the molecule is COC(=O)c1ccc(C)c(NC(=S)NC2(CCc3ccccc3)CCCC2)c1. The van der Waals surface area contributed by atoms with Crippen molar-refractivity contribution in [3.63, 3.8) is 0 Å². The Bertz CT molecular complexity index is 830. The van der Waals surface area contributed by atoms with Crippen LogP contribution in [0.5, 0.6) is 0 Å². The van der Waals surface area contributed by atoms with Gasteiger partial charge in [0.05, 0.1) is 12.7 Å². The van der Waals surface area contributed by atoms with Gasteiger partial charge < -0.3 is 15.4 Å². The predicted octanol–water partition coefficient (Wildman–Crippen LogP) is 5.01. The molecule has 3 rings (SSSR count). The number of thiocarbonyl (C=S) groups is 1. The summed E-state index contributed by atoms with van der Waals surface area (Å²) in [6.45, 7) is 1.99. The number of esters is 1. The van der Waals surface area contributed by atoms with Crippen LogP contribution in [0, 0.1) is 6.92 Å². The average molecular weight is 397 g/mol. The molecule has 2 aromatic carbocycles. The second kappa shape index (κ2) is 9.20. The Morgan fingerprint density at radius 1 is 1.14 bits per heavy atom. The summed E-state index contributed by atoms with van der Waals surface area (Å²) in [4.78, 5) is 11.8. The molecule has 0 aliphatic heterocycles. The lowest BCUT2D eigenvalue weighted by atomic mass is 9.89. The van der Waals surface area contributed by atoms with Crippen molar-refractivity contribution in [3.05, 3.63) is 65.2 Å². The van der Waals surface area contributed by atoms with Crippen molar-refractivity contribution in [1.29, 1.82) is 0 Å². The van der Waals surface area contributed by atoms with E-state index in [1.54, 1.807) is 12.1 Å². The van der Waals surface area contributed by atoms with E-state index in [0.29, 0.717) is 10.7 Å². The molecule has 1 aliphatic carbocycles. The Balaban J connectivity index is 1.67. The van der Waals surface area contributed by atoms with Gasteiger partial charge in [-0.1, -0.05) is 49.2 Å². The Kier molecular flexibility index (Phi) is 6.68. The minimum Gasteiger partial charge on any atom is -0.465 e. The molecular weight excluding hydrogens is 368 g/mol. The molecule has 0 aromatic heterocycles. The normalized spacial score (nSPS) is 15.1. The quantitative estimate of drug-likeness (QED) is 0.531. The molecule has 0 radical (unpaired) electrons. The van der Waals surface area contributed by atoms with E-state index in [1.807, 2.05) is 13.0 Å². The van der Waals surface area contributed by atoms with Crippen molar-refractivity contribution in [2.24, 2.45) is 0 Å². The monoisotopic (exact) mass is 396 g/mol. The highest BCUT2D eigenvalue weighted by Gasteiger charge is 2.34. The zero-order valence-corrected chi connectivity index (χ0v) is 17.4. The van der Waals surface area contributed by atoms with E-state index in [1.165, 1.54) is 25.5 Å². The van der Waals surface area contributed by atoms with E-state index in [-0.39, 0.29) is 11.5 Å². The molecule has 4 nitrogen and oxygen atoms in total. The standard InChI is InChI=1S/C23H28N2O2S/c1-17-10-11-19(21(26)27-2)16-20(17)24-22(28)25-23(13-6-7-14-23)15-12-18-8-4-3-5-9-18/h3-5,8-11,16H,6-7,12-15H2,1-2H3,(H2,24,25,28). The van der Waals surface area contributed by atoms with Gasteiger partial charge in [-0.25, -0.2) is 4.79 Å². The minimum atomic E-state index is -0.350. The van der Waals surface area contributed by atoms with E-state index in [2.05, 4.69) is 41.0 Å². The van der Waals surface area contributed by atoms with Gasteiger partial charge in [0, 0.05) is 11.2 Å². The first kappa shape index (κ1) is 20.3. The molecule has 0 spiro atoms. The molecule has 28 heavy (non-hydrogen) atoms. The lowest BCUT2D eigenvalue weighted by Crippen LogP contribution is -2.48. The van der Waals surface area contributed by atoms with Crippen molar-refractivity contribution >= 4 is 29.0 Å². The van der Waals surface area contributed by atoms with Crippen LogP contribution < -0.4 is 10.6 Å². The summed E-state index contributed by atoms with van der Waals surface area (Å²) in [5.74, 6) is -0.350. The fourth-order valence-corrected chi connectivity index (χ4v) is 4.24. The van der Waals surface area contributed by atoms with E-state index >= 15 is 0 Å². The van der Waals surface area contributed by atoms with E-state index in [0.717, 1.165) is 36.9 Å². The van der Waals surface area contributed by atoms with E-state index in [4.69, 9.17) is 17.0 Å². The number of methoxy groups -OCH3 is 1. The molecule has 0 heterocycles. The Labute approximate surface area is 172 Å². The Hall–Kier alpha value is -2.40. The number of benzene rings is 2. The Morgan fingerprint density at radius 2 is 1.86 bits per heavy atom. The molecule has 2 N–H and O–H groups in total. The predicted molar refractivity (Wildman–Crippen MR) is 118 cm³/mol. The third kappa shape index (κ3) is 5.10. The minimum absolute atomic E-state index is 0.0355. The van der Waals surface area contributed by atoms with Gasteiger partial charge in [0.1, 0.15) is 0 Å². The molecule has 1 aliphatic rings. The highest BCUT2D eigenvalue weighted by atomic mass is 32.1. The molecule has 148 valence electrons. The maximum absolute atomic E-state index is 11.8. The summed E-state index contributed by atoms with van der Waals surface area (Å²) >= 11 is 5.63. The molecule has 5 heteroatoms. The first-order valence-corrected chi connectivity index (χ1v) is 10.2. The lowest BCUT2D eigenvalue weighted by Gasteiger charge is -2.32. The van der Waals surface area contributed by atoms with Crippen LogP contribution in [0.25, 0.3) is 0 Å². The number of rotatable bonds is 6. The van der Waals surface area contributed by atoms with Crippen LogP contribution >= 0.6 is 12.2 Å². The van der Waals surface area contributed by atoms with Crippen molar-refractivity contribution < 1.29 is 9.53 Å². The maximum atomic E-state index is 11.8. The lowest BCUT2D eigenvalue weighted by molar-refractivity contribution is 0.0601. The number of ether oxygens (including phenoxy) is 1. The van der Waals surface area contributed by atoms with Gasteiger partial charge in [0.15, 0.2) is 5.11 Å². The van der Waals surface area contributed by atoms with Crippen molar-refractivity contribution in [3.8, 4) is 0 Å². The number of carbonyl (C=O) groups excluding carboxylic acids is 1. The summed E-state index contributed by atoms with van der Waals surface area (Å²) in [5, 5.41) is 7.51. The maximum Gasteiger partial charge on any atom is 0.337 e. The third-order valence-corrected chi connectivity index (χ3v) is 5.79. The second-order valence-electron chi connectivity index (χ2n) is 7.57. The van der Waals surface area contributed by atoms with Crippen LogP contribution in [0.15, 0.2) is 48.5 Å². The van der Waals surface area contributed by atoms with Crippen molar-refractivity contribution in [1.82, 2.24) is 5.32 Å². The molecule has 0 amide bonds. The van der Waals surface area contributed by atoms with Crippen LogP contribution in [-0.4, -0.2) is 23.7 Å². The zero-order valence-electron chi connectivity index (χ0n) is 16.6. The number of nitrogens with one attached hydrogen (secondary N) is 2. The van der Waals surface area contributed by atoms with Gasteiger partial charge in [-0.15, -0.1) is 0 Å². The molecular formula is C23H28N2O2S. The zero-order chi connectivity index (χ0) is 20.0. The van der Waals surface area contributed by atoms with Crippen molar-refractivity contribution in [2.45, 2.75) is 51.0 Å². The van der Waals surface area contributed by atoms with Gasteiger partial charge >= 0.3 is 5.97 Å². The molecule has 0 bridgehead atoms. The first-order chi connectivity index (χ1) is 13.5. The highest BCUT2D eigenvalue weighted by Crippen LogP contribution is 2.34. The topological polar surface area (TPSA) is 50.4 Å². The van der Waals surface area contributed by atoms with E-state index in [9.17, 15) is 4.79 Å². The van der Waals surface area contributed by atoms with Gasteiger partial charge in [0.25, 0.3) is 0 Å². The summed E-state index contributed by atoms with van der Waals surface area (Å²) in [6, 6.07) is 16.1. The molecule has 1 fully saturated rings. The van der Waals surface area contributed by atoms with Crippen LogP contribution in [0.1, 0.15) is 53.6 Å². The van der Waals surface area contributed by atoms with Gasteiger partial charge in [0.2, 0.25) is 0 Å². The van der Waals surface area contributed by atoms with Gasteiger partial charge in [-0.2, -0.15) is 0 Å². The summed E-state index contributed by atoms with van der Waals surface area (Å²) in [7, 11) is 1.39. The number of hydrogen-bond donors (Lipinski definition) is 2. The number of aryl methyl sites for hydroxylation is 2. The van der Waals surface area contributed by atoms with Crippen LogP contribution in [0.2, 0.25) is 0 Å². The van der Waals surface area contributed by atoms with Crippen LogP contribution in [0.4, 0.5) is 5.69 Å². The highest BCUT2D eigenvalue weighted by molar-refractivity contribution is 7.80. The summed E-state index contributed by atoms with van der Waals surface area (Å²) in [6.07, 6.45) is 6.79. The Morgan fingerprint density at radius 3 is 2.54 bits per heavy atom. The number of anilines is 1. The summed E-state index contributed by atoms with van der Waals surface area (Å²) in [5.41, 5.74) is 3.76.